The summed E-state index contributed by atoms with van der Waals surface area (Å²) in [6.07, 6.45) is 1.90. The van der Waals surface area contributed by atoms with E-state index in [-0.39, 0.29) is 29.2 Å². The molecule has 1 aromatic heterocycles. The van der Waals surface area contributed by atoms with Crippen molar-refractivity contribution in [1.82, 2.24) is 15.5 Å². The van der Waals surface area contributed by atoms with Gasteiger partial charge in [0.25, 0.3) is 11.8 Å². The maximum atomic E-state index is 14.0. The monoisotopic (exact) mass is 431 g/mol. The Labute approximate surface area is 179 Å². The van der Waals surface area contributed by atoms with Gasteiger partial charge in [-0.25, -0.2) is 4.39 Å². The number of hydrogen-bond donors (Lipinski definition) is 2. The lowest BCUT2D eigenvalue weighted by Gasteiger charge is -2.35. The summed E-state index contributed by atoms with van der Waals surface area (Å²) >= 11 is 1.32. The lowest BCUT2D eigenvalue weighted by Crippen LogP contribution is -2.53. The first-order valence-electron chi connectivity index (χ1n) is 10.2. The van der Waals surface area contributed by atoms with Gasteiger partial charge in [0, 0.05) is 19.6 Å². The van der Waals surface area contributed by atoms with E-state index in [2.05, 4.69) is 10.6 Å². The van der Waals surface area contributed by atoms with Crippen molar-refractivity contribution in [2.24, 2.45) is 5.92 Å². The second kappa shape index (κ2) is 10.3. The molecule has 0 spiro atoms. The molecule has 3 rings (SSSR count). The van der Waals surface area contributed by atoms with Gasteiger partial charge in [-0.2, -0.15) is 0 Å². The molecule has 0 saturated carbocycles. The van der Waals surface area contributed by atoms with Gasteiger partial charge >= 0.3 is 0 Å². The molecule has 8 heteroatoms. The fraction of sp³-hybridized carbons (Fsp3) is 0.409. The number of halogens is 1. The summed E-state index contributed by atoms with van der Waals surface area (Å²) in [7, 11) is 0. The zero-order chi connectivity index (χ0) is 21.5. The maximum Gasteiger partial charge on any atom is 0.262 e. The van der Waals surface area contributed by atoms with Gasteiger partial charge in [-0.15, -0.1) is 11.3 Å². The van der Waals surface area contributed by atoms with Crippen LogP contribution >= 0.6 is 11.3 Å². The molecule has 1 saturated heterocycles. The van der Waals surface area contributed by atoms with Crippen LogP contribution in [0, 0.1) is 11.7 Å². The highest BCUT2D eigenvalue weighted by Gasteiger charge is 2.34. The number of nitrogens with one attached hydrogen (secondary N) is 2. The molecule has 2 heterocycles. The van der Waals surface area contributed by atoms with Crippen LogP contribution in [0.25, 0.3) is 0 Å². The second-order valence-electron chi connectivity index (χ2n) is 7.33. The third-order valence-electron chi connectivity index (χ3n) is 5.27. The molecule has 3 amide bonds. The zero-order valence-electron chi connectivity index (χ0n) is 16.9. The Kier molecular flexibility index (Phi) is 7.57. The number of thiophene rings is 1. The van der Waals surface area contributed by atoms with Crippen molar-refractivity contribution in [2.75, 3.05) is 19.6 Å². The fourth-order valence-corrected chi connectivity index (χ4v) is 4.24. The summed E-state index contributed by atoms with van der Waals surface area (Å²) in [4.78, 5) is 40.1. The molecule has 1 aliphatic heterocycles. The van der Waals surface area contributed by atoms with Crippen molar-refractivity contribution >= 4 is 29.1 Å². The summed E-state index contributed by atoms with van der Waals surface area (Å²) < 4.78 is 14.0. The first kappa shape index (κ1) is 22.0. The Balaban J connectivity index is 1.66. The number of piperidine rings is 1. The highest BCUT2D eigenvalue weighted by Crippen LogP contribution is 2.24. The van der Waals surface area contributed by atoms with Crippen molar-refractivity contribution in [3.8, 4) is 0 Å². The average Bonchev–Trinajstić information content (AvgIpc) is 3.31. The SMILES string of the molecule is CCCNC(=O)[C@@H](NC(=O)c1cccs1)C1CCN(C(=O)c2ccccc2F)CC1. The third kappa shape index (κ3) is 5.24. The molecule has 0 radical (unpaired) electrons. The summed E-state index contributed by atoms with van der Waals surface area (Å²) in [6.45, 7) is 3.32. The van der Waals surface area contributed by atoms with Crippen molar-refractivity contribution in [3.63, 3.8) is 0 Å². The highest BCUT2D eigenvalue weighted by atomic mass is 32.1. The standard InChI is InChI=1S/C22H26FN3O3S/c1-2-11-24-21(28)19(25-20(27)18-8-5-14-30-18)15-9-12-26(13-10-15)22(29)16-6-3-4-7-17(16)23/h3-8,14-15,19H,2,9-13H2,1H3,(H,24,28)(H,25,27)/t19-/m0/s1. The first-order valence-corrected chi connectivity index (χ1v) is 11.0. The van der Waals surface area contributed by atoms with Crippen molar-refractivity contribution in [3.05, 3.63) is 58.0 Å². The fourth-order valence-electron chi connectivity index (χ4n) is 3.62. The van der Waals surface area contributed by atoms with Crippen LogP contribution in [0.5, 0.6) is 0 Å². The van der Waals surface area contributed by atoms with Crippen LogP contribution in [-0.2, 0) is 4.79 Å². The molecule has 30 heavy (non-hydrogen) atoms. The Hall–Kier alpha value is -2.74. The minimum atomic E-state index is -0.670. The lowest BCUT2D eigenvalue weighted by atomic mass is 9.88. The van der Waals surface area contributed by atoms with Crippen LogP contribution in [-0.4, -0.2) is 48.3 Å². The van der Waals surface area contributed by atoms with Crippen molar-refractivity contribution < 1.29 is 18.8 Å². The van der Waals surface area contributed by atoms with Gasteiger partial charge in [0.05, 0.1) is 10.4 Å². The van der Waals surface area contributed by atoms with Gasteiger partial charge in [-0.05, 0) is 48.8 Å². The molecular weight excluding hydrogens is 405 g/mol. The van der Waals surface area contributed by atoms with E-state index >= 15 is 0 Å². The van der Waals surface area contributed by atoms with E-state index in [9.17, 15) is 18.8 Å². The predicted molar refractivity (Wildman–Crippen MR) is 114 cm³/mol. The van der Waals surface area contributed by atoms with Crippen molar-refractivity contribution in [2.45, 2.75) is 32.2 Å². The normalized spacial score (nSPS) is 15.5. The lowest BCUT2D eigenvalue weighted by molar-refractivity contribution is -0.124. The third-order valence-corrected chi connectivity index (χ3v) is 6.13. The molecule has 1 fully saturated rings. The topological polar surface area (TPSA) is 78.5 Å². The van der Waals surface area contributed by atoms with Crippen LogP contribution < -0.4 is 10.6 Å². The summed E-state index contributed by atoms with van der Waals surface area (Å²) in [5.41, 5.74) is 0.0548. The van der Waals surface area contributed by atoms with E-state index in [1.54, 1.807) is 29.2 Å². The predicted octanol–water partition coefficient (Wildman–Crippen LogP) is 3.06. The number of likely N-dealkylation sites (tertiary alicyclic amines) is 1. The smallest absolute Gasteiger partial charge is 0.262 e. The summed E-state index contributed by atoms with van der Waals surface area (Å²) in [5.74, 6) is -1.46. The number of nitrogens with zero attached hydrogens (tertiary/aromatic N) is 1. The zero-order valence-corrected chi connectivity index (χ0v) is 17.7. The molecule has 1 aromatic carbocycles. The number of hydrogen-bond acceptors (Lipinski definition) is 4. The molecule has 160 valence electrons. The molecule has 0 bridgehead atoms. The molecule has 2 aromatic rings. The Morgan fingerprint density at radius 1 is 1.17 bits per heavy atom. The van der Waals surface area contributed by atoms with E-state index in [0.29, 0.717) is 37.4 Å². The van der Waals surface area contributed by atoms with Crippen molar-refractivity contribution in [1.29, 1.82) is 0 Å². The van der Waals surface area contributed by atoms with E-state index in [4.69, 9.17) is 0 Å². The number of amides is 3. The number of carbonyl (C=O) groups excluding carboxylic acids is 3. The average molecular weight is 432 g/mol. The number of carbonyl (C=O) groups is 3. The number of benzene rings is 1. The molecule has 0 aliphatic carbocycles. The van der Waals surface area contributed by atoms with Crippen LogP contribution in [0.1, 0.15) is 46.2 Å². The van der Waals surface area contributed by atoms with Crippen LogP contribution in [0.4, 0.5) is 4.39 Å². The quantitative estimate of drug-likeness (QED) is 0.707. The van der Waals surface area contributed by atoms with Crippen LogP contribution in [0.2, 0.25) is 0 Å². The van der Waals surface area contributed by atoms with Crippen LogP contribution in [0.15, 0.2) is 41.8 Å². The van der Waals surface area contributed by atoms with E-state index in [1.165, 1.54) is 23.5 Å². The van der Waals surface area contributed by atoms with Gasteiger partial charge < -0.3 is 15.5 Å². The first-order chi connectivity index (χ1) is 14.5. The molecule has 1 aliphatic rings. The molecule has 6 nitrogen and oxygen atoms in total. The maximum absolute atomic E-state index is 14.0. The van der Waals surface area contributed by atoms with E-state index in [0.717, 1.165) is 6.42 Å². The Morgan fingerprint density at radius 3 is 2.53 bits per heavy atom. The molecule has 2 N–H and O–H groups in total. The van der Waals surface area contributed by atoms with Gasteiger partial charge in [-0.1, -0.05) is 25.1 Å². The van der Waals surface area contributed by atoms with Gasteiger partial charge in [0.2, 0.25) is 5.91 Å². The highest BCUT2D eigenvalue weighted by molar-refractivity contribution is 7.12. The largest absolute Gasteiger partial charge is 0.354 e. The van der Waals surface area contributed by atoms with Gasteiger partial charge in [0.1, 0.15) is 11.9 Å². The summed E-state index contributed by atoms with van der Waals surface area (Å²) in [6, 6.07) is 8.78. The Morgan fingerprint density at radius 2 is 1.90 bits per heavy atom. The Bertz CT molecular complexity index is 880. The van der Waals surface area contributed by atoms with Gasteiger partial charge in [0.15, 0.2) is 0 Å². The van der Waals surface area contributed by atoms with E-state index < -0.39 is 11.9 Å². The van der Waals surface area contributed by atoms with Crippen LogP contribution in [0.3, 0.4) is 0 Å². The molecule has 0 unspecified atom stereocenters. The summed E-state index contributed by atoms with van der Waals surface area (Å²) in [5, 5.41) is 7.56. The molecule has 1 atom stereocenters. The molecular formula is C22H26FN3O3S. The minimum absolute atomic E-state index is 0.0548. The van der Waals surface area contributed by atoms with E-state index in [1.807, 2.05) is 12.3 Å². The van der Waals surface area contributed by atoms with Gasteiger partial charge in [-0.3, -0.25) is 14.4 Å². The number of rotatable bonds is 7. The second-order valence-corrected chi connectivity index (χ2v) is 8.28. The minimum Gasteiger partial charge on any atom is -0.354 e.